The van der Waals surface area contributed by atoms with E-state index in [9.17, 15) is 0 Å². The normalized spacial score (nSPS) is 28.4. The van der Waals surface area contributed by atoms with Crippen molar-refractivity contribution in [3.8, 4) is 0 Å². The van der Waals surface area contributed by atoms with Crippen LogP contribution in [0, 0.1) is 5.41 Å². The van der Waals surface area contributed by atoms with Crippen molar-refractivity contribution in [2.75, 3.05) is 19.6 Å². The molecule has 13 heavy (non-hydrogen) atoms. The van der Waals surface area contributed by atoms with Gasteiger partial charge in [0.05, 0.1) is 0 Å². The van der Waals surface area contributed by atoms with Crippen LogP contribution in [0.2, 0.25) is 0 Å². The number of hydrogen-bond donors (Lipinski definition) is 2. The third-order valence-corrected chi connectivity index (χ3v) is 3.72. The fourth-order valence-corrected chi connectivity index (χ4v) is 2.37. The lowest BCUT2D eigenvalue weighted by atomic mass is 9.70. The van der Waals surface area contributed by atoms with Crippen LogP contribution in [0.1, 0.15) is 39.0 Å². The van der Waals surface area contributed by atoms with E-state index in [2.05, 4.69) is 17.6 Å². The molecule has 0 atom stereocenters. The van der Waals surface area contributed by atoms with Crippen LogP contribution in [-0.4, -0.2) is 25.7 Å². The molecule has 0 aromatic rings. The van der Waals surface area contributed by atoms with Crippen LogP contribution >= 0.6 is 0 Å². The average Bonchev–Trinajstić information content (AvgIpc) is 2.13. The van der Waals surface area contributed by atoms with Crippen LogP contribution in [-0.2, 0) is 0 Å². The maximum absolute atomic E-state index is 3.72. The second-order valence-electron chi connectivity index (χ2n) is 5.07. The molecule has 0 spiro atoms. The first-order chi connectivity index (χ1) is 6.29. The summed E-state index contributed by atoms with van der Waals surface area (Å²) in [6.07, 6.45) is 6.95. The third-order valence-electron chi connectivity index (χ3n) is 3.72. The minimum atomic E-state index is 0.644. The van der Waals surface area contributed by atoms with Gasteiger partial charge in [-0.25, -0.2) is 0 Å². The van der Waals surface area contributed by atoms with Gasteiger partial charge in [0, 0.05) is 12.6 Å². The lowest BCUT2D eigenvalue weighted by molar-refractivity contribution is 0.147. The van der Waals surface area contributed by atoms with Gasteiger partial charge >= 0.3 is 0 Å². The summed E-state index contributed by atoms with van der Waals surface area (Å²) in [4.78, 5) is 0. The summed E-state index contributed by atoms with van der Waals surface area (Å²) in [6.45, 7) is 6.07. The Balaban J connectivity index is 1.66. The smallest absolute Gasteiger partial charge is 0.00914 e. The predicted octanol–water partition coefficient (Wildman–Crippen LogP) is 1.52. The average molecular weight is 182 g/mol. The highest BCUT2D eigenvalue weighted by atomic mass is 15.0. The first-order valence-corrected chi connectivity index (χ1v) is 5.73. The summed E-state index contributed by atoms with van der Waals surface area (Å²) >= 11 is 0. The molecule has 2 rings (SSSR count). The first kappa shape index (κ1) is 9.47. The molecule has 0 aromatic carbocycles. The summed E-state index contributed by atoms with van der Waals surface area (Å²) in [6, 6.07) is 0.790. The van der Waals surface area contributed by atoms with Gasteiger partial charge in [-0.1, -0.05) is 13.3 Å². The quantitative estimate of drug-likeness (QED) is 0.691. The highest BCUT2D eigenvalue weighted by Gasteiger charge is 2.31. The summed E-state index contributed by atoms with van der Waals surface area (Å²) in [5.74, 6) is 0. The molecule has 2 heteroatoms. The molecule has 1 saturated heterocycles. The van der Waals surface area contributed by atoms with Gasteiger partial charge in [-0.3, -0.25) is 0 Å². The van der Waals surface area contributed by atoms with E-state index in [4.69, 9.17) is 0 Å². The zero-order valence-corrected chi connectivity index (χ0v) is 8.73. The second-order valence-corrected chi connectivity index (χ2v) is 5.07. The molecule has 2 nitrogen and oxygen atoms in total. The van der Waals surface area contributed by atoms with Gasteiger partial charge in [-0.2, -0.15) is 0 Å². The van der Waals surface area contributed by atoms with Crippen LogP contribution in [0.25, 0.3) is 0 Å². The van der Waals surface area contributed by atoms with Crippen molar-refractivity contribution in [3.05, 3.63) is 0 Å². The number of nitrogens with one attached hydrogen (secondary N) is 2. The Kier molecular flexibility index (Phi) is 2.89. The Morgan fingerprint density at radius 1 is 1.31 bits per heavy atom. The van der Waals surface area contributed by atoms with Crippen molar-refractivity contribution >= 4 is 0 Å². The molecule has 76 valence electrons. The maximum Gasteiger partial charge on any atom is 0.00914 e. The zero-order chi connectivity index (χ0) is 9.15. The molecule has 1 saturated carbocycles. The Bertz CT molecular complexity index is 157. The van der Waals surface area contributed by atoms with E-state index >= 15 is 0 Å². The molecule has 0 amide bonds. The lowest BCUT2D eigenvalue weighted by Gasteiger charge is -2.40. The highest BCUT2D eigenvalue weighted by molar-refractivity contribution is 4.87. The molecule has 0 aromatic heterocycles. The van der Waals surface area contributed by atoms with Gasteiger partial charge in [0.25, 0.3) is 0 Å². The lowest BCUT2D eigenvalue weighted by Crippen LogP contribution is -2.45. The van der Waals surface area contributed by atoms with Gasteiger partial charge in [-0.15, -0.1) is 0 Å². The summed E-state index contributed by atoms with van der Waals surface area (Å²) in [7, 11) is 0. The van der Waals surface area contributed by atoms with E-state index in [1.807, 2.05) is 0 Å². The molecule has 2 fully saturated rings. The van der Waals surface area contributed by atoms with E-state index in [0.717, 1.165) is 6.04 Å². The molecule has 2 N–H and O–H groups in total. The molecule has 0 unspecified atom stereocenters. The van der Waals surface area contributed by atoms with Crippen LogP contribution in [0.5, 0.6) is 0 Å². The molecule has 2 aliphatic rings. The molecule has 0 bridgehead atoms. The van der Waals surface area contributed by atoms with Crippen LogP contribution in [0.3, 0.4) is 0 Å². The van der Waals surface area contributed by atoms with Crippen molar-refractivity contribution < 1.29 is 0 Å². The first-order valence-electron chi connectivity index (χ1n) is 5.73. The number of piperidine rings is 1. The fourth-order valence-electron chi connectivity index (χ4n) is 2.37. The minimum absolute atomic E-state index is 0.644. The Morgan fingerprint density at radius 3 is 2.54 bits per heavy atom. The number of hydrogen-bond acceptors (Lipinski definition) is 2. The van der Waals surface area contributed by atoms with Crippen LogP contribution < -0.4 is 10.6 Å². The van der Waals surface area contributed by atoms with E-state index in [0.29, 0.717) is 5.41 Å². The summed E-state index contributed by atoms with van der Waals surface area (Å²) < 4.78 is 0. The monoisotopic (exact) mass is 182 g/mol. The van der Waals surface area contributed by atoms with Gasteiger partial charge < -0.3 is 10.6 Å². The highest BCUT2D eigenvalue weighted by Crippen LogP contribution is 2.39. The molecule has 1 aliphatic heterocycles. The van der Waals surface area contributed by atoms with Crippen molar-refractivity contribution in [2.45, 2.75) is 45.1 Å². The largest absolute Gasteiger partial charge is 0.317 e. The van der Waals surface area contributed by atoms with Crippen LogP contribution in [0.4, 0.5) is 0 Å². The van der Waals surface area contributed by atoms with E-state index in [1.165, 1.54) is 51.7 Å². The van der Waals surface area contributed by atoms with E-state index < -0.39 is 0 Å². The molecular weight excluding hydrogens is 160 g/mol. The van der Waals surface area contributed by atoms with Gasteiger partial charge in [0.1, 0.15) is 0 Å². The fraction of sp³-hybridized carbons (Fsp3) is 1.00. The van der Waals surface area contributed by atoms with E-state index in [1.54, 1.807) is 0 Å². The van der Waals surface area contributed by atoms with Crippen LogP contribution in [0.15, 0.2) is 0 Å². The van der Waals surface area contributed by atoms with Crippen molar-refractivity contribution in [3.63, 3.8) is 0 Å². The van der Waals surface area contributed by atoms with Crippen molar-refractivity contribution in [1.29, 1.82) is 0 Å². The summed E-state index contributed by atoms with van der Waals surface area (Å²) in [5.41, 5.74) is 0.644. The Hall–Kier alpha value is -0.0800. The predicted molar refractivity (Wildman–Crippen MR) is 55.9 cm³/mol. The van der Waals surface area contributed by atoms with Gasteiger partial charge in [0.15, 0.2) is 0 Å². The van der Waals surface area contributed by atoms with E-state index in [-0.39, 0.29) is 0 Å². The third kappa shape index (κ3) is 2.44. The van der Waals surface area contributed by atoms with Crippen molar-refractivity contribution in [1.82, 2.24) is 10.6 Å². The Labute approximate surface area is 81.5 Å². The topological polar surface area (TPSA) is 24.1 Å². The summed E-state index contributed by atoms with van der Waals surface area (Å²) in [5, 5.41) is 7.12. The minimum Gasteiger partial charge on any atom is -0.317 e. The van der Waals surface area contributed by atoms with Crippen molar-refractivity contribution in [2.24, 2.45) is 5.41 Å². The zero-order valence-electron chi connectivity index (χ0n) is 8.73. The molecule has 0 radical (unpaired) electrons. The van der Waals surface area contributed by atoms with Gasteiger partial charge in [-0.05, 0) is 44.2 Å². The van der Waals surface area contributed by atoms with Gasteiger partial charge in [0.2, 0.25) is 0 Å². The molecule has 1 heterocycles. The second kappa shape index (κ2) is 3.97. The standard InChI is InChI=1S/C11H22N2/c1-11(5-2-6-11)9-13-10-3-7-12-8-4-10/h10,12-13H,2-9H2,1H3. The maximum atomic E-state index is 3.72. The molecular formula is C11H22N2. The number of rotatable bonds is 3. The SMILES string of the molecule is CC1(CNC2CCNCC2)CCC1. The Morgan fingerprint density at radius 2 is 2.00 bits per heavy atom. The molecule has 1 aliphatic carbocycles.